The molecule has 0 heterocycles. The highest BCUT2D eigenvalue weighted by Gasteiger charge is 2.46. The highest BCUT2D eigenvalue weighted by atomic mass is 16.6. The average molecular weight is 323 g/mol. The van der Waals surface area contributed by atoms with Gasteiger partial charge in [0.05, 0.1) is 26.5 Å². The van der Waals surface area contributed by atoms with Gasteiger partial charge in [0.2, 0.25) is 0 Å². The van der Waals surface area contributed by atoms with Crippen LogP contribution in [0.15, 0.2) is 12.1 Å². The number of carbonyl (C=O) groups excluding carboxylic acids is 1. The summed E-state index contributed by atoms with van der Waals surface area (Å²) in [6, 6.07) is 3.52. The summed E-state index contributed by atoms with van der Waals surface area (Å²) in [5.74, 6) is 1.08. The van der Waals surface area contributed by atoms with Crippen LogP contribution in [-0.2, 0) is 10.2 Å². The van der Waals surface area contributed by atoms with Crippen molar-refractivity contribution in [2.75, 3.05) is 26.1 Å². The molecular weight excluding hydrogens is 298 g/mol. The maximum absolute atomic E-state index is 12.1. The molecule has 1 amide bonds. The summed E-state index contributed by atoms with van der Waals surface area (Å²) in [5, 5.41) is 12.5. The van der Waals surface area contributed by atoms with Gasteiger partial charge < -0.3 is 19.3 Å². The summed E-state index contributed by atoms with van der Waals surface area (Å²) in [5.41, 5.74) is 0.492. The molecular formula is C17H25NO5. The molecule has 2 N–H and O–H groups in total. The van der Waals surface area contributed by atoms with E-state index in [-0.39, 0.29) is 12.0 Å². The summed E-state index contributed by atoms with van der Waals surface area (Å²) >= 11 is 0. The number of aliphatic hydroxyl groups is 1. The maximum Gasteiger partial charge on any atom is 0.412 e. The lowest BCUT2D eigenvalue weighted by Gasteiger charge is -2.23. The molecule has 0 aromatic heterocycles. The largest absolute Gasteiger partial charge is 0.493 e. The molecule has 0 bridgehead atoms. The molecule has 0 atom stereocenters. The molecule has 6 nitrogen and oxygen atoms in total. The Labute approximate surface area is 136 Å². The Kier molecular flexibility index (Phi) is 4.75. The maximum atomic E-state index is 12.1. The average Bonchev–Trinajstić information content (AvgIpc) is 3.25. The number of anilines is 1. The third kappa shape index (κ3) is 3.88. The van der Waals surface area contributed by atoms with Crippen LogP contribution in [-0.4, -0.2) is 37.6 Å². The molecule has 0 unspecified atom stereocenters. The lowest BCUT2D eigenvalue weighted by Crippen LogP contribution is -2.28. The monoisotopic (exact) mass is 323 g/mol. The van der Waals surface area contributed by atoms with Crippen LogP contribution in [0.3, 0.4) is 0 Å². The molecule has 23 heavy (non-hydrogen) atoms. The van der Waals surface area contributed by atoms with Crippen LogP contribution < -0.4 is 14.8 Å². The van der Waals surface area contributed by atoms with Gasteiger partial charge in [-0.2, -0.15) is 0 Å². The molecule has 2 rings (SSSR count). The van der Waals surface area contributed by atoms with Gasteiger partial charge in [0.25, 0.3) is 0 Å². The number of ether oxygens (including phenoxy) is 3. The fraction of sp³-hybridized carbons (Fsp3) is 0.588. The zero-order valence-electron chi connectivity index (χ0n) is 14.4. The molecule has 6 heteroatoms. The van der Waals surface area contributed by atoms with Crippen LogP contribution in [0.4, 0.5) is 10.5 Å². The van der Waals surface area contributed by atoms with Crippen molar-refractivity contribution in [3.8, 4) is 11.5 Å². The van der Waals surface area contributed by atoms with Gasteiger partial charge in [-0.3, -0.25) is 5.32 Å². The van der Waals surface area contributed by atoms with Gasteiger partial charge in [-0.05, 0) is 45.2 Å². The molecule has 1 fully saturated rings. The summed E-state index contributed by atoms with van der Waals surface area (Å²) < 4.78 is 15.9. The van der Waals surface area contributed by atoms with E-state index >= 15 is 0 Å². The van der Waals surface area contributed by atoms with E-state index in [1.165, 1.54) is 7.11 Å². The first kappa shape index (κ1) is 17.4. The van der Waals surface area contributed by atoms with Crippen molar-refractivity contribution in [1.82, 2.24) is 0 Å². The predicted octanol–water partition coefficient (Wildman–Crippen LogP) is 3.07. The smallest absolute Gasteiger partial charge is 0.412 e. The third-order valence-corrected chi connectivity index (χ3v) is 3.89. The minimum atomic E-state index is -0.588. The molecule has 1 aliphatic carbocycles. The second-order valence-corrected chi connectivity index (χ2v) is 6.82. The molecule has 1 aromatic carbocycles. The number of hydrogen-bond acceptors (Lipinski definition) is 5. The van der Waals surface area contributed by atoms with E-state index in [0.29, 0.717) is 17.2 Å². The van der Waals surface area contributed by atoms with Crippen LogP contribution in [0.1, 0.15) is 39.2 Å². The van der Waals surface area contributed by atoms with Crippen LogP contribution in [0, 0.1) is 0 Å². The topological polar surface area (TPSA) is 77.0 Å². The van der Waals surface area contributed by atoms with Crippen molar-refractivity contribution in [2.45, 2.75) is 44.6 Å². The van der Waals surface area contributed by atoms with Gasteiger partial charge in [0, 0.05) is 11.5 Å². The van der Waals surface area contributed by atoms with Gasteiger partial charge in [-0.15, -0.1) is 0 Å². The molecule has 128 valence electrons. The summed E-state index contributed by atoms with van der Waals surface area (Å²) in [4.78, 5) is 12.1. The van der Waals surface area contributed by atoms with E-state index in [2.05, 4.69) is 5.32 Å². The van der Waals surface area contributed by atoms with Crippen molar-refractivity contribution < 1.29 is 24.1 Å². The zero-order chi connectivity index (χ0) is 17.3. The highest BCUT2D eigenvalue weighted by molar-refractivity contribution is 5.87. The Morgan fingerprint density at radius 3 is 2.22 bits per heavy atom. The van der Waals surface area contributed by atoms with Crippen LogP contribution >= 0.6 is 0 Å². The van der Waals surface area contributed by atoms with Crippen LogP contribution in [0.2, 0.25) is 0 Å². The Balaban J connectivity index is 2.38. The first-order valence-electron chi connectivity index (χ1n) is 7.62. The highest BCUT2D eigenvalue weighted by Crippen LogP contribution is 2.52. The van der Waals surface area contributed by atoms with Crippen LogP contribution in [0.25, 0.3) is 0 Å². The van der Waals surface area contributed by atoms with Gasteiger partial charge in [-0.25, -0.2) is 4.79 Å². The van der Waals surface area contributed by atoms with E-state index in [1.54, 1.807) is 33.9 Å². The number of benzene rings is 1. The zero-order valence-corrected chi connectivity index (χ0v) is 14.4. The lowest BCUT2D eigenvalue weighted by molar-refractivity contribution is 0.0635. The predicted molar refractivity (Wildman–Crippen MR) is 87.4 cm³/mol. The van der Waals surface area contributed by atoms with Gasteiger partial charge in [0.1, 0.15) is 5.60 Å². The minimum absolute atomic E-state index is 0.0193. The number of amides is 1. The van der Waals surface area contributed by atoms with Gasteiger partial charge in [0.15, 0.2) is 11.5 Å². The number of aliphatic hydroxyl groups excluding tert-OH is 1. The van der Waals surface area contributed by atoms with Crippen molar-refractivity contribution in [2.24, 2.45) is 0 Å². The molecule has 1 aliphatic rings. The number of nitrogens with one attached hydrogen (secondary N) is 1. The van der Waals surface area contributed by atoms with E-state index in [0.717, 1.165) is 18.4 Å². The molecule has 0 aliphatic heterocycles. The van der Waals surface area contributed by atoms with E-state index < -0.39 is 11.7 Å². The van der Waals surface area contributed by atoms with E-state index in [1.807, 2.05) is 6.07 Å². The van der Waals surface area contributed by atoms with Crippen molar-refractivity contribution in [3.05, 3.63) is 17.7 Å². The molecule has 1 saturated carbocycles. The van der Waals surface area contributed by atoms with Crippen molar-refractivity contribution >= 4 is 11.8 Å². The van der Waals surface area contributed by atoms with E-state index in [4.69, 9.17) is 14.2 Å². The lowest BCUT2D eigenvalue weighted by atomic mass is 9.94. The molecule has 1 aromatic rings. The number of methoxy groups -OCH3 is 2. The number of hydrogen-bond donors (Lipinski definition) is 2. The first-order chi connectivity index (χ1) is 10.7. The van der Waals surface area contributed by atoms with Gasteiger partial charge in [-0.1, -0.05) is 0 Å². The minimum Gasteiger partial charge on any atom is -0.493 e. The summed E-state index contributed by atoms with van der Waals surface area (Å²) in [6.45, 7) is 5.43. The quantitative estimate of drug-likeness (QED) is 0.871. The fourth-order valence-corrected chi connectivity index (χ4v) is 2.50. The second-order valence-electron chi connectivity index (χ2n) is 6.82. The first-order valence-corrected chi connectivity index (χ1v) is 7.62. The van der Waals surface area contributed by atoms with Gasteiger partial charge >= 0.3 is 6.09 Å². The van der Waals surface area contributed by atoms with Crippen LogP contribution in [0.5, 0.6) is 11.5 Å². The summed E-state index contributed by atoms with van der Waals surface area (Å²) in [6.07, 6.45) is 1.18. The SMILES string of the molecule is COc1cc(NC(=O)OC(C)(C)C)c(C2(CO)CC2)cc1OC. The Bertz CT molecular complexity index is 587. The normalized spacial score (nSPS) is 15.7. The Morgan fingerprint density at radius 1 is 1.22 bits per heavy atom. The van der Waals surface area contributed by atoms with Crippen molar-refractivity contribution in [1.29, 1.82) is 0 Å². The standard InChI is InChI=1S/C17H25NO5/c1-16(2,3)23-15(20)18-12-9-14(22-5)13(21-4)8-11(12)17(10-19)6-7-17/h8-9,19H,6-7,10H2,1-5H3,(H,18,20). The van der Waals surface area contributed by atoms with Crippen molar-refractivity contribution in [3.63, 3.8) is 0 Å². The Hall–Kier alpha value is -1.95. The Morgan fingerprint density at radius 2 is 1.78 bits per heavy atom. The molecule has 0 saturated heterocycles. The third-order valence-electron chi connectivity index (χ3n) is 3.89. The number of rotatable bonds is 5. The second kappa shape index (κ2) is 6.28. The van der Waals surface area contributed by atoms with E-state index in [9.17, 15) is 9.90 Å². The molecule has 0 spiro atoms. The molecule has 0 radical (unpaired) electrons. The summed E-state index contributed by atoms with van der Waals surface area (Å²) in [7, 11) is 3.09. The number of carbonyl (C=O) groups is 1. The fourth-order valence-electron chi connectivity index (χ4n) is 2.50.